The lowest BCUT2D eigenvalue weighted by Gasteiger charge is -2.16. The third-order valence-electron chi connectivity index (χ3n) is 1.52. The molecule has 0 aromatic heterocycles. The van der Waals surface area contributed by atoms with Gasteiger partial charge in [0.2, 0.25) is 5.67 Å². The molecule has 0 aromatic rings. The van der Waals surface area contributed by atoms with Crippen LogP contribution in [-0.2, 0) is 0 Å². The Kier molecular flexibility index (Phi) is 6.27. The van der Waals surface area contributed by atoms with E-state index < -0.39 is 5.67 Å². The Morgan fingerprint density at radius 2 is 1.50 bits per heavy atom. The van der Waals surface area contributed by atoms with Crippen LogP contribution in [-0.4, -0.2) is 12.3 Å². The molecule has 3 N–H and O–H groups in total. The summed E-state index contributed by atoms with van der Waals surface area (Å²) >= 11 is 7.37. The highest BCUT2D eigenvalue weighted by Crippen LogP contribution is 2.72. The molecule has 0 spiro atoms. The van der Waals surface area contributed by atoms with Gasteiger partial charge in [-0.1, -0.05) is 27.7 Å². The standard InChI is InChI=1S/C8H20NPS2/c1-7(2)5-10(11,12-9)6-8(3)4/h7-8H,5-6,9H2,1-4H3/q+1/p+1. The predicted molar refractivity (Wildman–Crippen MR) is 64.4 cm³/mol. The number of rotatable bonds is 5. The van der Waals surface area contributed by atoms with Gasteiger partial charge in [-0.3, -0.25) is 5.14 Å². The molecule has 0 rings (SSSR count). The highest BCUT2D eigenvalue weighted by Gasteiger charge is 2.41. The van der Waals surface area contributed by atoms with Crippen LogP contribution in [0.2, 0.25) is 0 Å². The van der Waals surface area contributed by atoms with Crippen molar-refractivity contribution >= 4 is 29.5 Å². The largest absolute Gasteiger partial charge is 0.261 e. The zero-order chi connectivity index (χ0) is 9.78. The third-order valence-corrected chi connectivity index (χ3v) is 8.71. The lowest BCUT2D eigenvalue weighted by Crippen LogP contribution is -2.37. The molecule has 0 aromatic carbocycles. The fourth-order valence-electron chi connectivity index (χ4n) is 1.29. The first-order valence-electron chi connectivity index (χ1n) is 4.41. The van der Waals surface area contributed by atoms with Gasteiger partial charge in [-0.2, -0.15) is 0 Å². The lowest BCUT2D eigenvalue weighted by atomic mass is 10.3. The molecular formula is C8H21NPS2+2. The van der Waals surface area contributed by atoms with Crippen LogP contribution in [0.15, 0.2) is 0 Å². The molecule has 0 saturated carbocycles. The van der Waals surface area contributed by atoms with Crippen molar-refractivity contribution in [3.63, 3.8) is 0 Å². The molecule has 0 saturated heterocycles. The Bertz CT molecular complexity index is 118. The van der Waals surface area contributed by atoms with Crippen LogP contribution in [0, 0.1) is 11.8 Å². The number of quaternary nitrogens is 1. The van der Waals surface area contributed by atoms with E-state index in [1.807, 2.05) is 0 Å². The molecule has 12 heavy (non-hydrogen) atoms. The summed E-state index contributed by atoms with van der Waals surface area (Å²) in [7, 11) is 0. The minimum absolute atomic E-state index is 0.726. The SMILES string of the molecule is CC(C)C[P+]([S])(CC(C)C)S[NH3+]. The summed E-state index contributed by atoms with van der Waals surface area (Å²) < 4.78 is 0. The van der Waals surface area contributed by atoms with Crippen molar-refractivity contribution < 1.29 is 5.14 Å². The summed E-state index contributed by atoms with van der Waals surface area (Å²) in [6.45, 7) is 8.99. The monoisotopic (exact) mass is 226 g/mol. The van der Waals surface area contributed by atoms with Crippen LogP contribution in [0.1, 0.15) is 27.7 Å². The smallest absolute Gasteiger partial charge is 0.258 e. The molecule has 73 valence electrons. The Morgan fingerprint density at radius 1 is 1.17 bits per heavy atom. The van der Waals surface area contributed by atoms with Crippen LogP contribution < -0.4 is 5.14 Å². The number of hydrogen-bond acceptors (Lipinski definition) is 1. The molecule has 0 amide bonds. The van der Waals surface area contributed by atoms with Crippen molar-refractivity contribution in [1.29, 1.82) is 0 Å². The maximum absolute atomic E-state index is 5.67. The molecule has 1 radical (unpaired) electrons. The van der Waals surface area contributed by atoms with Crippen LogP contribution in [0.5, 0.6) is 0 Å². The van der Waals surface area contributed by atoms with Crippen LogP contribution in [0.4, 0.5) is 0 Å². The van der Waals surface area contributed by atoms with Crippen molar-refractivity contribution in [2.75, 3.05) is 12.3 Å². The topological polar surface area (TPSA) is 27.6 Å². The van der Waals surface area contributed by atoms with Gasteiger partial charge in [0.15, 0.2) is 0 Å². The summed E-state index contributed by atoms with van der Waals surface area (Å²) in [5, 5.41) is 3.93. The Hall–Kier alpha value is 1.09. The summed E-state index contributed by atoms with van der Waals surface area (Å²) in [4.78, 5) is 0. The van der Waals surface area contributed by atoms with Gasteiger partial charge in [-0.05, 0) is 11.8 Å². The zero-order valence-corrected chi connectivity index (χ0v) is 11.1. The van der Waals surface area contributed by atoms with E-state index in [2.05, 4.69) is 32.8 Å². The van der Waals surface area contributed by atoms with Crippen molar-refractivity contribution in [1.82, 2.24) is 0 Å². The van der Waals surface area contributed by atoms with E-state index in [0.29, 0.717) is 0 Å². The van der Waals surface area contributed by atoms with Crippen LogP contribution in [0.3, 0.4) is 0 Å². The maximum atomic E-state index is 5.67. The first-order chi connectivity index (χ1) is 5.39. The van der Waals surface area contributed by atoms with Gasteiger partial charge in [0.25, 0.3) is 11.6 Å². The van der Waals surface area contributed by atoms with Crippen molar-refractivity contribution in [2.24, 2.45) is 11.8 Å². The Balaban J connectivity index is 4.04. The van der Waals surface area contributed by atoms with E-state index in [4.69, 9.17) is 12.2 Å². The minimum atomic E-state index is -1.17. The van der Waals surface area contributed by atoms with Gasteiger partial charge in [-0.15, -0.1) is 0 Å². The molecule has 0 bridgehead atoms. The molecule has 0 atom stereocenters. The Morgan fingerprint density at radius 3 is 1.67 bits per heavy atom. The van der Waals surface area contributed by atoms with Gasteiger partial charge in [0, 0.05) is 0 Å². The molecule has 0 aliphatic rings. The van der Waals surface area contributed by atoms with Gasteiger partial charge >= 0.3 is 0 Å². The first kappa shape index (κ1) is 13.1. The number of hydrogen-bond donors (Lipinski definition) is 1. The normalized spacial score (nSPS) is 13.0. The highest BCUT2D eigenvalue weighted by atomic mass is 33.1. The van der Waals surface area contributed by atoms with Gasteiger partial charge < -0.3 is 0 Å². The van der Waals surface area contributed by atoms with Crippen LogP contribution >= 0.6 is 29.5 Å². The van der Waals surface area contributed by atoms with E-state index in [9.17, 15) is 0 Å². The summed E-state index contributed by atoms with van der Waals surface area (Å²) in [5.74, 6) is 1.45. The van der Waals surface area contributed by atoms with Gasteiger partial charge in [-0.25, -0.2) is 0 Å². The summed E-state index contributed by atoms with van der Waals surface area (Å²) in [6, 6.07) is 0. The Labute approximate surface area is 86.6 Å². The molecule has 0 fully saturated rings. The molecule has 0 aliphatic heterocycles. The van der Waals surface area contributed by atoms with Crippen molar-refractivity contribution in [2.45, 2.75) is 27.7 Å². The predicted octanol–water partition coefficient (Wildman–Crippen LogP) is 3.23. The molecule has 0 unspecified atom stereocenters. The molecule has 0 aliphatic carbocycles. The minimum Gasteiger partial charge on any atom is -0.261 e. The van der Waals surface area contributed by atoms with Gasteiger partial charge in [0.05, 0.1) is 12.3 Å². The molecule has 1 nitrogen and oxygen atoms in total. The van der Waals surface area contributed by atoms with E-state index in [1.165, 1.54) is 12.3 Å². The second-order valence-corrected chi connectivity index (χ2v) is 12.4. The van der Waals surface area contributed by atoms with Crippen LogP contribution in [0.25, 0.3) is 0 Å². The quantitative estimate of drug-likeness (QED) is 0.565. The average Bonchev–Trinajstić information content (AvgIpc) is 1.83. The lowest BCUT2D eigenvalue weighted by molar-refractivity contribution is -0.132. The molecule has 0 heterocycles. The van der Waals surface area contributed by atoms with Crippen molar-refractivity contribution in [3.8, 4) is 0 Å². The van der Waals surface area contributed by atoms with E-state index in [0.717, 1.165) is 11.8 Å². The average molecular weight is 226 g/mol. The molecule has 4 heteroatoms. The highest BCUT2D eigenvalue weighted by molar-refractivity contribution is 8.88. The fourth-order valence-corrected chi connectivity index (χ4v) is 8.09. The van der Waals surface area contributed by atoms with E-state index >= 15 is 0 Å². The maximum Gasteiger partial charge on any atom is 0.258 e. The summed E-state index contributed by atoms with van der Waals surface area (Å²) in [5.41, 5.74) is -1.17. The summed E-state index contributed by atoms with van der Waals surface area (Å²) in [6.07, 6.45) is 2.41. The fraction of sp³-hybridized carbons (Fsp3) is 1.00. The third kappa shape index (κ3) is 5.69. The zero-order valence-electron chi connectivity index (χ0n) is 8.54. The second kappa shape index (κ2) is 5.74. The second-order valence-electron chi connectivity index (χ2n) is 4.10. The van der Waals surface area contributed by atoms with Gasteiger partial charge in [0.1, 0.15) is 12.2 Å². The first-order valence-corrected chi connectivity index (χ1v) is 9.18. The molecular weight excluding hydrogens is 205 g/mol. The van der Waals surface area contributed by atoms with E-state index in [-0.39, 0.29) is 0 Å². The van der Waals surface area contributed by atoms with E-state index in [1.54, 1.807) is 11.6 Å². The van der Waals surface area contributed by atoms with Crippen molar-refractivity contribution in [3.05, 3.63) is 0 Å².